The number of alkyl halides is 3. The number of benzene rings is 1. The summed E-state index contributed by atoms with van der Waals surface area (Å²) in [7, 11) is -1.30. The zero-order valence-corrected chi connectivity index (χ0v) is 23.5. The van der Waals surface area contributed by atoms with Crippen LogP contribution < -0.4 is 0 Å². The molecule has 0 saturated carbocycles. The van der Waals surface area contributed by atoms with Crippen LogP contribution in [0.3, 0.4) is 0 Å². The number of halogens is 3. The number of amides is 1. The van der Waals surface area contributed by atoms with Gasteiger partial charge in [-0.05, 0) is 38.9 Å². The minimum absolute atomic E-state index is 0.158. The van der Waals surface area contributed by atoms with Crippen LogP contribution in [0.4, 0.5) is 18.0 Å². The molecule has 206 valence electrons. The number of aliphatic hydroxyl groups is 1. The van der Waals surface area contributed by atoms with Crippen molar-refractivity contribution in [1.82, 2.24) is 14.5 Å². The molecule has 3 rings (SSSR count). The largest absolute Gasteiger partial charge is 0.444 e. The first-order chi connectivity index (χ1) is 17.0. The van der Waals surface area contributed by atoms with Crippen molar-refractivity contribution >= 4 is 14.2 Å². The Morgan fingerprint density at radius 1 is 1.11 bits per heavy atom. The van der Waals surface area contributed by atoms with E-state index in [1.54, 1.807) is 36.4 Å². The van der Waals surface area contributed by atoms with E-state index in [9.17, 15) is 23.1 Å². The highest BCUT2D eigenvalue weighted by atomic mass is 28.3. The monoisotopic (exact) mass is 541 g/mol. The summed E-state index contributed by atoms with van der Waals surface area (Å²) < 4.78 is 52.1. The molecule has 1 saturated heterocycles. The maximum Gasteiger partial charge on any atom is 0.416 e. The van der Waals surface area contributed by atoms with Gasteiger partial charge in [0.05, 0.1) is 11.3 Å². The molecule has 0 aliphatic carbocycles. The van der Waals surface area contributed by atoms with Crippen LogP contribution in [0.25, 0.3) is 11.3 Å². The normalized spacial score (nSPS) is 16.6. The van der Waals surface area contributed by atoms with Crippen molar-refractivity contribution < 1.29 is 32.5 Å². The van der Waals surface area contributed by atoms with E-state index in [0.29, 0.717) is 23.7 Å². The van der Waals surface area contributed by atoms with Crippen LogP contribution in [-0.4, -0.2) is 59.0 Å². The first kappa shape index (κ1) is 29.2. The van der Waals surface area contributed by atoms with Gasteiger partial charge in [0.15, 0.2) is 0 Å². The molecule has 0 bridgehead atoms. The Balaban J connectivity index is 1.83. The number of rotatable bonds is 7. The van der Waals surface area contributed by atoms with Crippen LogP contribution >= 0.6 is 0 Å². The quantitative estimate of drug-likeness (QED) is 0.339. The summed E-state index contributed by atoms with van der Waals surface area (Å²) in [5.41, 5.74) is -1.74. The molecule has 2 aromatic rings. The molecule has 1 amide bonds. The second kappa shape index (κ2) is 10.8. The van der Waals surface area contributed by atoms with Gasteiger partial charge in [-0.2, -0.15) is 13.2 Å². The Kier molecular flexibility index (Phi) is 8.50. The Morgan fingerprint density at radius 2 is 1.70 bits per heavy atom. The lowest BCUT2D eigenvalue weighted by Gasteiger charge is -2.38. The zero-order chi connectivity index (χ0) is 27.6. The Morgan fingerprint density at radius 3 is 2.22 bits per heavy atom. The van der Waals surface area contributed by atoms with Gasteiger partial charge in [-0.1, -0.05) is 31.8 Å². The van der Waals surface area contributed by atoms with E-state index >= 15 is 0 Å². The van der Waals surface area contributed by atoms with Crippen molar-refractivity contribution in [3.63, 3.8) is 0 Å². The predicted molar refractivity (Wildman–Crippen MR) is 138 cm³/mol. The van der Waals surface area contributed by atoms with E-state index in [1.165, 1.54) is 12.1 Å². The van der Waals surface area contributed by atoms with Crippen LogP contribution in [0.2, 0.25) is 25.7 Å². The number of piperidine rings is 1. The molecule has 11 heteroatoms. The summed E-state index contributed by atoms with van der Waals surface area (Å²) in [4.78, 5) is 18.7. The van der Waals surface area contributed by atoms with E-state index in [1.807, 2.05) is 0 Å². The van der Waals surface area contributed by atoms with Gasteiger partial charge in [-0.25, -0.2) is 9.78 Å². The van der Waals surface area contributed by atoms with Gasteiger partial charge < -0.3 is 24.0 Å². The molecular weight excluding hydrogens is 503 g/mol. The lowest BCUT2D eigenvalue weighted by molar-refractivity contribution is -0.137. The molecule has 7 nitrogen and oxygen atoms in total. The van der Waals surface area contributed by atoms with Gasteiger partial charge in [-0.3, -0.25) is 0 Å². The van der Waals surface area contributed by atoms with E-state index in [0.717, 1.165) is 18.2 Å². The number of carbonyl (C=O) groups is 1. The van der Waals surface area contributed by atoms with Crippen molar-refractivity contribution in [2.24, 2.45) is 0 Å². The number of likely N-dealkylation sites (tertiary alicyclic amines) is 1. The highest BCUT2D eigenvalue weighted by Gasteiger charge is 2.40. The maximum atomic E-state index is 13.0. The number of ether oxygens (including phenoxy) is 2. The third-order valence-electron chi connectivity index (χ3n) is 6.17. The number of hydrogen-bond donors (Lipinski definition) is 1. The van der Waals surface area contributed by atoms with Crippen LogP contribution in [0.5, 0.6) is 0 Å². The average Bonchev–Trinajstić information content (AvgIpc) is 3.20. The van der Waals surface area contributed by atoms with Crippen molar-refractivity contribution in [3.8, 4) is 11.3 Å². The summed E-state index contributed by atoms with van der Waals surface area (Å²) in [6, 6.07) is 5.76. The Hall–Kier alpha value is -2.37. The smallest absolute Gasteiger partial charge is 0.416 e. The van der Waals surface area contributed by atoms with Crippen LogP contribution in [-0.2, 0) is 28.0 Å². The van der Waals surface area contributed by atoms with Gasteiger partial charge in [0.25, 0.3) is 0 Å². The topological polar surface area (TPSA) is 76.8 Å². The second-order valence-electron chi connectivity index (χ2n) is 11.8. The minimum atomic E-state index is -4.43. The average molecular weight is 542 g/mol. The van der Waals surface area contributed by atoms with Crippen molar-refractivity contribution in [1.29, 1.82) is 0 Å². The predicted octanol–water partition coefficient (Wildman–Crippen LogP) is 6.10. The molecule has 0 spiro atoms. The summed E-state index contributed by atoms with van der Waals surface area (Å²) in [6.45, 7) is 13.4. The van der Waals surface area contributed by atoms with Gasteiger partial charge in [0.1, 0.15) is 23.8 Å². The van der Waals surface area contributed by atoms with Crippen molar-refractivity contribution in [2.75, 3.05) is 19.7 Å². The first-order valence-electron chi connectivity index (χ1n) is 12.5. The van der Waals surface area contributed by atoms with Crippen molar-refractivity contribution in [2.45, 2.75) is 83.4 Å². The summed E-state index contributed by atoms with van der Waals surface area (Å²) in [6.07, 6.45) is -2.68. The summed E-state index contributed by atoms with van der Waals surface area (Å²) in [5.74, 6) is 0.374. The highest BCUT2D eigenvalue weighted by Crippen LogP contribution is 2.35. The van der Waals surface area contributed by atoms with Gasteiger partial charge in [-0.15, -0.1) is 0 Å². The maximum absolute atomic E-state index is 13.0. The Labute approximate surface area is 217 Å². The number of hydrogen-bond acceptors (Lipinski definition) is 5. The molecular formula is C26H38F3N3O4Si. The van der Waals surface area contributed by atoms with Gasteiger partial charge >= 0.3 is 12.3 Å². The summed E-state index contributed by atoms with van der Waals surface area (Å²) in [5, 5.41) is 11.6. The van der Waals surface area contributed by atoms with E-state index in [-0.39, 0.29) is 32.7 Å². The molecule has 0 radical (unpaired) electrons. The summed E-state index contributed by atoms with van der Waals surface area (Å²) >= 11 is 0. The number of carbonyl (C=O) groups excluding carboxylic acids is 1. The fourth-order valence-electron chi connectivity index (χ4n) is 4.01. The second-order valence-corrected chi connectivity index (χ2v) is 17.5. The SMILES string of the molecule is CC(C)(C)OC(=O)N1CCC(O)(c2nc(-c3ccc(C(F)(F)F)cc3)cn2COCC[Si](C)(C)C)CC1. The third kappa shape index (κ3) is 8.05. The number of imidazole rings is 1. The Bertz CT molecular complexity index is 1060. The van der Waals surface area contributed by atoms with E-state index in [4.69, 9.17) is 9.47 Å². The molecule has 1 aromatic carbocycles. The molecule has 2 heterocycles. The molecule has 37 heavy (non-hydrogen) atoms. The van der Waals surface area contributed by atoms with Crippen LogP contribution in [0.15, 0.2) is 30.5 Å². The number of nitrogens with zero attached hydrogens (tertiary/aromatic N) is 3. The molecule has 0 atom stereocenters. The standard InChI is InChI=1S/C26H38F3N3O4Si/c1-24(2,3)36-23(33)31-13-11-25(34,12-14-31)22-30-21(17-32(22)18-35-15-16-37(4,5)6)19-7-9-20(10-8-19)26(27,28)29/h7-10,17,34H,11-16,18H2,1-6H3. The lowest BCUT2D eigenvalue weighted by atomic mass is 9.90. The van der Waals surface area contributed by atoms with Gasteiger partial charge in [0, 0.05) is 52.4 Å². The fourth-order valence-corrected chi connectivity index (χ4v) is 4.76. The van der Waals surface area contributed by atoms with Crippen LogP contribution in [0.1, 0.15) is 45.0 Å². The third-order valence-corrected chi connectivity index (χ3v) is 7.87. The number of aromatic nitrogens is 2. The first-order valence-corrected chi connectivity index (χ1v) is 16.2. The van der Waals surface area contributed by atoms with E-state index in [2.05, 4.69) is 24.6 Å². The minimum Gasteiger partial charge on any atom is -0.444 e. The molecule has 1 aliphatic heterocycles. The lowest BCUT2D eigenvalue weighted by Crippen LogP contribution is -2.47. The molecule has 1 N–H and O–H groups in total. The fraction of sp³-hybridized carbons (Fsp3) is 0.615. The molecule has 1 aromatic heterocycles. The van der Waals surface area contributed by atoms with Gasteiger partial charge in [0.2, 0.25) is 0 Å². The molecule has 0 unspecified atom stereocenters. The highest BCUT2D eigenvalue weighted by molar-refractivity contribution is 6.76. The molecule has 1 fully saturated rings. The van der Waals surface area contributed by atoms with Crippen molar-refractivity contribution in [3.05, 3.63) is 41.9 Å². The molecule has 1 aliphatic rings. The zero-order valence-electron chi connectivity index (χ0n) is 22.5. The van der Waals surface area contributed by atoms with Crippen LogP contribution in [0, 0.1) is 0 Å². The van der Waals surface area contributed by atoms with E-state index < -0.39 is 37.1 Å².